The van der Waals surface area contributed by atoms with Crippen molar-refractivity contribution in [2.24, 2.45) is 10.7 Å². The van der Waals surface area contributed by atoms with Gasteiger partial charge in [0.1, 0.15) is 5.58 Å². The normalized spacial score (nSPS) is 13.1. The lowest BCUT2D eigenvalue weighted by Crippen LogP contribution is -2.10. The SMILES string of the molecule is Cc1ccc2c(CSC(N)=N[C@H](C)c3ccccc3)cc(=O)oc2c1C. The number of rotatable bonds is 4. The molecule has 2 aromatic carbocycles. The lowest BCUT2D eigenvalue weighted by atomic mass is 10.0. The second-order valence-corrected chi connectivity index (χ2v) is 7.31. The number of benzene rings is 2. The van der Waals surface area contributed by atoms with Crippen LogP contribution >= 0.6 is 11.8 Å². The number of fused-ring (bicyclic) bond motifs is 1. The summed E-state index contributed by atoms with van der Waals surface area (Å²) >= 11 is 1.43. The van der Waals surface area contributed by atoms with E-state index in [1.807, 2.05) is 63.2 Å². The molecule has 0 aliphatic heterocycles. The number of nitrogens with zero attached hydrogens (tertiary/aromatic N) is 1. The Morgan fingerprint density at radius 3 is 2.65 bits per heavy atom. The van der Waals surface area contributed by atoms with Gasteiger partial charge in [0.05, 0.1) is 6.04 Å². The minimum atomic E-state index is -0.338. The van der Waals surface area contributed by atoms with E-state index in [4.69, 9.17) is 10.2 Å². The van der Waals surface area contributed by atoms with Gasteiger partial charge in [-0.2, -0.15) is 0 Å². The third-order valence-electron chi connectivity index (χ3n) is 4.50. The largest absolute Gasteiger partial charge is 0.422 e. The van der Waals surface area contributed by atoms with Crippen molar-refractivity contribution in [1.29, 1.82) is 0 Å². The summed E-state index contributed by atoms with van der Waals surface area (Å²) in [6.07, 6.45) is 0. The first-order valence-corrected chi connectivity index (χ1v) is 9.48. The minimum Gasteiger partial charge on any atom is -0.422 e. The monoisotopic (exact) mass is 366 g/mol. The number of aliphatic imine (C=N–C) groups is 1. The predicted molar refractivity (Wildman–Crippen MR) is 110 cm³/mol. The van der Waals surface area contributed by atoms with Crippen molar-refractivity contribution in [2.45, 2.75) is 32.6 Å². The van der Waals surface area contributed by atoms with Crippen LogP contribution in [-0.4, -0.2) is 5.17 Å². The first-order chi connectivity index (χ1) is 12.5. The van der Waals surface area contributed by atoms with Crippen molar-refractivity contribution in [3.8, 4) is 0 Å². The fraction of sp³-hybridized carbons (Fsp3) is 0.238. The number of hydrogen-bond acceptors (Lipinski definition) is 4. The van der Waals surface area contributed by atoms with Crippen LogP contribution in [0.15, 0.2) is 62.7 Å². The van der Waals surface area contributed by atoms with Gasteiger partial charge in [-0.1, -0.05) is 54.2 Å². The quantitative estimate of drug-likeness (QED) is 0.412. The molecule has 1 atom stereocenters. The lowest BCUT2D eigenvalue weighted by Gasteiger charge is -2.10. The molecule has 3 aromatic rings. The molecular weight excluding hydrogens is 344 g/mol. The second-order valence-electron chi connectivity index (χ2n) is 6.32. The van der Waals surface area contributed by atoms with Crippen LogP contribution in [0.1, 0.15) is 35.2 Å². The zero-order valence-corrected chi connectivity index (χ0v) is 16.0. The van der Waals surface area contributed by atoms with Gasteiger partial charge >= 0.3 is 5.63 Å². The molecular formula is C21H22N2O2S. The minimum absolute atomic E-state index is 0.00817. The zero-order valence-electron chi connectivity index (χ0n) is 15.2. The predicted octanol–water partition coefficient (Wildman–Crippen LogP) is 4.72. The third-order valence-corrected chi connectivity index (χ3v) is 5.35. The van der Waals surface area contributed by atoms with Crippen molar-refractivity contribution in [1.82, 2.24) is 0 Å². The molecule has 0 unspecified atom stereocenters. The van der Waals surface area contributed by atoms with E-state index in [1.165, 1.54) is 17.8 Å². The highest BCUT2D eigenvalue weighted by Crippen LogP contribution is 2.26. The zero-order chi connectivity index (χ0) is 18.7. The number of thioether (sulfide) groups is 1. The molecule has 26 heavy (non-hydrogen) atoms. The van der Waals surface area contributed by atoms with Crippen LogP contribution in [0.5, 0.6) is 0 Å². The fourth-order valence-corrected chi connectivity index (χ4v) is 3.60. The average molecular weight is 366 g/mol. The molecule has 2 N–H and O–H groups in total. The number of hydrogen-bond donors (Lipinski definition) is 1. The molecule has 0 aliphatic rings. The van der Waals surface area contributed by atoms with Crippen LogP contribution < -0.4 is 11.4 Å². The first kappa shape index (κ1) is 18.3. The summed E-state index contributed by atoms with van der Waals surface area (Å²) in [5.41, 5.74) is 10.5. The van der Waals surface area contributed by atoms with Crippen molar-refractivity contribution in [3.05, 3.63) is 81.2 Å². The average Bonchev–Trinajstić information content (AvgIpc) is 2.64. The highest BCUT2D eigenvalue weighted by Gasteiger charge is 2.11. The van der Waals surface area contributed by atoms with E-state index in [-0.39, 0.29) is 11.7 Å². The molecule has 0 fully saturated rings. The summed E-state index contributed by atoms with van der Waals surface area (Å²) in [6.45, 7) is 5.99. The summed E-state index contributed by atoms with van der Waals surface area (Å²) in [5.74, 6) is 0.571. The molecule has 0 amide bonds. The highest BCUT2D eigenvalue weighted by atomic mass is 32.2. The Labute approximate surface area is 157 Å². The van der Waals surface area contributed by atoms with Crippen LogP contribution in [0, 0.1) is 13.8 Å². The van der Waals surface area contributed by atoms with Gasteiger partial charge in [0.15, 0.2) is 5.17 Å². The van der Waals surface area contributed by atoms with E-state index in [0.29, 0.717) is 16.5 Å². The second kappa shape index (κ2) is 7.79. The van der Waals surface area contributed by atoms with Crippen molar-refractivity contribution in [3.63, 3.8) is 0 Å². The smallest absolute Gasteiger partial charge is 0.336 e. The summed E-state index contributed by atoms with van der Waals surface area (Å²) in [4.78, 5) is 16.5. The van der Waals surface area contributed by atoms with Gasteiger partial charge in [0.25, 0.3) is 0 Å². The van der Waals surface area contributed by atoms with Crippen molar-refractivity contribution < 1.29 is 4.42 Å². The summed E-state index contributed by atoms with van der Waals surface area (Å²) in [5, 5.41) is 1.45. The topological polar surface area (TPSA) is 68.6 Å². The summed E-state index contributed by atoms with van der Waals surface area (Å²) in [6, 6.07) is 15.6. The van der Waals surface area contributed by atoms with E-state index >= 15 is 0 Å². The molecule has 0 bridgehead atoms. The van der Waals surface area contributed by atoms with Crippen LogP contribution in [0.4, 0.5) is 0 Å². The Kier molecular flexibility index (Phi) is 5.47. The van der Waals surface area contributed by atoms with Gasteiger partial charge in [0, 0.05) is 17.2 Å². The van der Waals surface area contributed by atoms with Gasteiger partial charge in [-0.25, -0.2) is 4.79 Å². The molecule has 0 saturated carbocycles. The van der Waals surface area contributed by atoms with Crippen LogP contribution in [0.2, 0.25) is 0 Å². The Bertz CT molecular complexity index is 1010. The molecule has 5 heteroatoms. The molecule has 0 aliphatic carbocycles. The standard InChI is InChI=1S/C21H22N2O2S/c1-13-9-10-18-17(11-19(24)25-20(18)14(13)2)12-26-21(22)23-15(3)16-7-5-4-6-8-16/h4-11,15H,12H2,1-3H3,(H2,22,23)/t15-/m1/s1. The molecule has 4 nitrogen and oxygen atoms in total. The maximum absolute atomic E-state index is 11.9. The lowest BCUT2D eigenvalue weighted by molar-refractivity contribution is 0.557. The Balaban J connectivity index is 1.82. The fourth-order valence-electron chi connectivity index (χ4n) is 2.83. The third kappa shape index (κ3) is 3.99. The summed E-state index contributed by atoms with van der Waals surface area (Å²) < 4.78 is 5.42. The number of amidine groups is 1. The molecule has 0 radical (unpaired) electrons. The van der Waals surface area contributed by atoms with Crippen LogP contribution in [0.3, 0.4) is 0 Å². The van der Waals surface area contributed by atoms with Gasteiger partial charge in [-0.3, -0.25) is 4.99 Å². The van der Waals surface area contributed by atoms with Crippen molar-refractivity contribution in [2.75, 3.05) is 0 Å². The molecule has 1 heterocycles. The van der Waals surface area contributed by atoms with Gasteiger partial charge in [-0.15, -0.1) is 0 Å². The molecule has 0 saturated heterocycles. The van der Waals surface area contributed by atoms with E-state index in [1.54, 1.807) is 0 Å². The molecule has 3 rings (SSSR count). The van der Waals surface area contributed by atoms with Gasteiger partial charge in [-0.05, 0) is 43.0 Å². The van der Waals surface area contributed by atoms with Crippen LogP contribution in [0.25, 0.3) is 11.0 Å². The van der Waals surface area contributed by atoms with Gasteiger partial charge < -0.3 is 10.2 Å². The van der Waals surface area contributed by atoms with E-state index in [0.717, 1.165) is 27.6 Å². The highest BCUT2D eigenvalue weighted by molar-refractivity contribution is 8.13. The molecule has 134 valence electrons. The number of aryl methyl sites for hydroxylation is 2. The maximum Gasteiger partial charge on any atom is 0.336 e. The van der Waals surface area contributed by atoms with E-state index in [2.05, 4.69) is 4.99 Å². The Hall–Kier alpha value is -2.53. The van der Waals surface area contributed by atoms with E-state index < -0.39 is 0 Å². The molecule has 1 aromatic heterocycles. The first-order valence-electron chi connectivity index (χ1n) is 8.49. The Morgan fingerprint density at radius 1 is 1.19 bits per heavy atom. The van der Waals surface area contributed by atoms with E-state index in [9.17, 15) is 4.79 Å². The molecule has 0 spiro atoms. The summed E-state index contributed by atoms with van der Waals surface area (Å²) in [7, 11) is 0. The number of nitrogens with two attached hydrogens (primary N) is 1. The Morgan fingerprint density at radius 2 is 1.92 bits per heavy atom. The van der Waals surface area contributed by atoms with Crippen LogP contribution in [-0.2, 0) is 5.75 Å². The maximum atomic E-state index is 11.9. The van der Waals surface area contributed by atoms with Crippen molar-refractivity contribution >= 4 is 27.9 Å². The van der Waals surface area contributed by atoms with Gasteiger partial charge in [0.2, 0.25) is 0 Å².